The van der Waals surface area contributed by atoms with E-state index in [1.165, 1.54) is 16.5 Å². The molecule has 1 aliphatic rings. The number of benzene rings is 1. The van der Waals surface area contributed by atoms with Crippen LogP contribution in [0.2, 0.25) is 0 Å². The van der Waals surface area contributed by atoms with Gasteiger partial charge in [-0.05, 0) is 35.6 Å². The Morgan fingerprint density at radius 2 is 2.23 bits per heavy atom. The van der Waals surface area contributed by atoms with Crippen molar-refractivity contribution >= 4 is 17.4 Å². The number of rotatable bonds is 7. The Kier molecular flexibility index (Phi) is 6.46. The number of para-hydroxylation sites is 1. The molecule has 26 heavy (non-hydrogen) atoms. The van der Waals surface area contributed by atoms with Gasteiger partial charge in [0.2, 0.25) is 0 Å². The van der Waals surface area contributed by atoms with Crippen LogP contribution in [0.5, 0.6) is 5.75 Å². The molecule has 7 heteroatoms. The molecule has 1 aromatic heterocycles. The zero-order valence-corrected chi connectivity index (χ0v) is 15.7. The Balaban J connectivity index is 1.32. The molecule has 1 N–H and O–H groups in total. The van der Waals surface area contributed by atoms with Crippen LogP contribution in [0.4, 0.5) is 9.18 Å². The summed E-state index contributed by atoms with van der Waals surface area (Å²) in [5, 5.41) is 5.07. The van der Waals surface area contributed by atoms with Crippen LogP contribution in [0, 0.1) is 5.82 Å². The number of thiophene rings is 1. The van der Waals surface area contributed by atoms with Crippen molar-refractivity contribution in [3.63, 3.8) is 0 Å². The van der Waals surface area contributed by atoms with Gasteiger partial charge in [0.1, 0.15) is 6.61 Å². The molecule has 0 radical (unpaired) electrons. The van der Waals surface area contributed by atoms with Crippen molar-refractivity contribution in [1.29, 1.82) is 0 Å². The minimum atomic E-state index is -0.394. The van der Waals surface area contributed by atoms with Crippen LogP contribution in [0.15, 0.2) is 35.7 Å². The van der Waals surface area contributed by atoms with Crippen molar-refractivity contribution in [1.82, 2.24) is 15.1 Å². The Labute approximate surface area is 157 Å². The van der Waals surface area contributed by atoms with E-state index in [1.807, 2.05) is 11.3 Å². The standard InChI is InChI=1S/C19H24FN3O2S/c1-22(11-12-25-17-5-3-2-4-16(17)20)19(24)21-8-10-23-9-6-18-15(14-23)7-13-26-18/h2-5,7,13H,6,8-12,14H2,1H3,(H,21,24). The van der Waals surface area contributed by atoms with Gasteiger partial charge in [0.05, 0.1) is 6.54 Å². The number of nitrogens with zero attached hydrogens (tertiary/aromatic N) is 2. The predicted octanol–water partition coefficient (Wildman–Crippen LogP) is 2.97. The van der Waals surface area contributed by atoms with Gasteiger partial charge in [-0.2, -0.15) is 0 Å². The third kappa shape index (κ3) is 4.95. The van der Waals surface area contributed by atoms with Crippen molar-refractivity contribution < 1.29 is 13.9 Å². The van der Waals surface area contributed by atoms with Gasteiger partial charge in [0, 0.05) is 38.1 Å². The summed E-state index contributed by atoms with van der Waals surface area (Å²) in [6, 6.07) is 8.31. The quantitative estimate of drug-likeness (QED) is 0.807. The number of carbonyl (C=O) groups excluding carboxylic acids is 1. The van der Waals surface area contributed by atoms with Crippen molar-refractivity contribution in [2.24, 2.45) is 0 Å². The molecule has 0 atom stereocenters. The fraction of sp³-hybridized carbons (Fsp3) is 0.421. The van der Waals surface area contributed by atoms with Crippen LogP contribution in [-0.2, 0) is 13.0 Å². The second kappa shape index (κ2) is 9.00. The van der Waals surface area contributed by atoms with E-state index < -0.39 is 5.82 Å². The van der Waals surface area contributed by atoms with E-state index in [2.05, 4.69) is 21.7 Å². The molecule has 0 fully saturated rings. The molecule has 1 aromatic carbocycles. The predicted molar refractivity (Wildman–Crippen MR) is 101 cm³/mol. The second-order valence-electron chi connectivity index (χ2n) is 6.33. The van der Waals surface area contributed by atoms with Crippen LogP contribution in [0.1, 0.15) is 10.4 Å². The SMILES string of the molecule is CN(CCOc1ccccc1F)C(=O)NCCN1CCc2sccc2C1. The summed E-state index contributed by atoms with van der Waals surface area (Å²) >= 11 is 1.83. The molecule has 0 unspecified atom stereocenters. The number of urea groups is 1. The average Bonchev–Trinajstić information content (AvgIpc) is 3.11. The number of halogens is 1. The van der Waals surface area contributed by atoms with Crippen molar-refractivity contribution in [3.8, 4) is 5.75 Å². The van der Waals surface area contributed by atoms with E-state index >= 15 is 0 Å². The van der Waals surface area contributed by atoms with Gasteiger partial charge < -0.3 is 15.0 Å². The molecule has 2 aromatic rings. The number of ether oxygens (including phenoxy) is 1. The summed E-state index contributed by atoms with van der Waals surface area (Å²) in [4.78, 5) is 17.5. The summed E-state index contributed by atoms with van der Waals surface area (Å²) in [6.07, 6.45) is 1.09. The van der Waals surface area contributed by atoms with E-state index in [-0.39, 0.29) is 18.4 Å². The normalized spacial score (nSPS) is 13.9. The molecule has 0 spiro atoms. The summed E-state index contributed by atoms with van der Waals surface area (Å²) in [7, 11) is 1.71. The fourth-order valence-electron chi connectivity index (χ4n) is 2.91. The van der Waals surface area contributed by atoms with E-state index in [9.17, 15) is 9.18 Å². The lowest BCUT2D eigenvalue weighted by atomic mass is 10.1. The molecular weight excluding hydrogens is 353 g/mol. The largest absolute Gasteiger partial charge is 0.489 e. The summed E-state index contributed by atoms with van der Waals surface area (Å²) in [5.41, 5.74) is 1.41. The number of nitrogens with one attached hydrogen (secondary N) is 1. The number of likely N-dealkylation sites (N-methyl/N-ethyl adjacent to an activating group) is 1. The van der Waals surface area contributed by atoms with E-state index in [0.29, 0.717) is 13.1 Å². The molecular formula is C19H24FN3O2S. The first kappa shape index (κ1) is 18.7. The first-order valence-electron chi connectivity index (χ1n) is 8.77. The maximum Gasteiger partial charge on any atom is 0.317 e. The molecule has 3 rings (SSSR count). The number of carbonyl (C=O) groups is 1. The monoisotopic (exact) mass is 377 g/mol. The Bertz CT molecular complexity index is 737. The maximum absolute atomic E-state index is 13.5. The molecule has 2 amide bonds. The molecule has 5 nitrogen and oxygen atoms in total. The maximum atomic E-state index is 13.5. The molecule has 0 saturated heterocycles. The topological polar surface area (TPSA) is 44.8 Å². The minimum absolute atomic E-state index is 0.143. The molecule has 1 aliphatic heterocycles. The Hall–Kier alpha value is -2.12. The van der Waals surface area contributed by atoms with Crippen molar-refractivity contribution in [2.75, 3.05) is 39.8 Å². The second-order valence-corrected chi connectivity index (χ2v) is 7.33. The highest BCUT2D eigenvalue weighted by Crippen LogP contribution is 2.23. The molecule has 0 aliphatic carbocycles. The molecule has 140 valence electrons. The van der Waals surface area contributed by atoms with Crippen LogP contribution >= 0.6 is 11.3 Å². The number of hydrogen-bond donors (Lipinski definition) is 1. The first-order valence-corrected chi connectivity index (χ1v) is 9.65. The summed E-state index contributed by atoms with van der Waals surface area (Å²) < 4.78 is 18.8. The van der Waals surface area contributed by atoms with Gasteiger partial charge in [-0.1, -0.05) is 12.1 Å². The lowest BCUT2D eigenvalue weighted by molar-refractivity contribution is 0.190. The van der Waals surface area contributed by atoms with Crippen LogP contribution in [0.25, 0.3) is 0 Å². The van der Waals surface area contributed by atoms with E-state index in [4.69, 9.17) is 4.74 Å². The molecule has 0 saturated carbocycles. The molecule has 2 heterocycles. The summed E-state index contributed by atoms with van der Waals surface area (Å²) in [5.74, 6) is -0.186. The number of amides is 2. The third-order valence-electron chi connectivity index (χ3n) is 4.46. The lowest BCUT2D eigenvalue weighted by Gasteiger charge is -2.27. The van der Waals surface area contributed by atoms with Gasteiger partial charge in [0.15, 0.2) is 11.6 Å². The summed E-state index contributed by atoms with van der Waals surface area (Å²) in [6.45, 7) is 4.08. The van der Waals surface area contributed by atoms with Crippen molar-refractivity contribution in [3.05, 3.63) is 52.0 Å². The van der Waals surface area contributed by atoms with Gasteiger partial charge in [-0.3, -0.25) is 4.90 Å². The smallest absolute Gasteiger partial charge is 0.317 e. The van der Waals surface area contributed by atoms with Crippen LogP contribution in [0.3, 0.4) is 0 Å². The highest BCUT2D eigenvalue weighted by Gasteiger charge is 2.17. The van der Waals surface area contributed by atoms with Crippen LogP contribution in [-0.4, -0.2) is 55.7 Å². The van der Waals surface area contributed by atoms with Gasteiger partial charge in [-0.25, -0.2) is 9.18 Å². The van der Waals surface area contributed by atoms with Gasteiger partial charge >= 0.3 is 6.03 Å². The lowest BCUT2D eigenvalue weighted by Crippen LogP contribution is -2.43. The average molecular weight is 377 g/mol. The first-order chi connectivity index (χ1) is 12.6. The minimum Gasteiger partial charge on any atom is -0.489 e. The fourth-order valence-corrected chi connectivity index (χ4v) is 3.80. The zero-order chi connectivity index (χ0) is 18.4. The third-order valence-corrected chi connectivity index (χ3v) is 5.48. The number of fused-ring (bicyclic) bond motifs is 1. The van der Waals surface area contributed by atoms with Crippen LogP contribution < -0.4 is 10.1 Å². The van der Waals surface area contributed by atoms with Crippen molar-refractivity contribution in [2.45, 2.75) is 13.0 Å². The number of hydrogen-bond acceptors (Lipinski definition) is 4. The zero-order valence-electron chi connectivity index (χ0n) is 14.9. The Morgan fingerprint density at radius 1 is 1.38 bits per heavy atom. The Morgan fingerprint density at radius 3 is 3.08 bits per heavy atom. The van der Waals surface area contributed by atoms with E-state index in [0.717, 1.165) is 26.1 Å². The highest BCUT2D eigenvalue weighted by atomic mass is 32.1. The van der Waals surface area contributed by atoms with E-state index in [1.54, 1.807) is 30.1 Å². The molecule has 0 bridgehead atoms. The highest BCUT2D eigenvalue weighted by molar-refractivity contribution is 7.10. The van der Waals surface area contributed by atoms with Gasteiger partial charge in [-0.15, -0.1) is 11.3 Å². The van der Waals surface area contributed by atoms with Gasteiger partial charge in [0.25, 0.3) is 0 Å².